The number of aliphatic hydroxyl groups excluding tert-OH is 1. The third kappa shape index (κ3) is 1.86. The van der Waals surface area contributed by atoms with Crippen LogP contribution in [-0.4, -0.2) is 60.7 Å². The Balaban J connectivity index is 2.00. The van der Waals surface area contributed by atoms with E-state index in [4.69, 9.17) is 9.47 Å². The Morgan fingerprint density at radius 1 is 1.21 bits per heavy atom. The van der Waals surface area contributed by atoms with Crippen LogP contribution in [0, 0.1) is 0 Å². The van der Waals surface area contributed by atoms with Gasteiger partial charge in [0.2, 0.25) is 0 Å². The minimum absolute atomic E-state index is 0.0874. The Kier molecular flexibility index (Phi) is 3.61. The number of benzene rings is 1. The van der Waals surface area contributed by atoms with Crippen LogP contribution in [0.4, 0.5) is 0 Å². The number of ether oxygens (including phenoxy) is 2. The third-order valence-corrected chi connectivity index (χ3v) is 6.77. The summed E-state index contributed by atoms with van der Waals surface area (Å²) in [6.45, 7) is 0.916. The minimum atomic E-state index is -0.828. The van der Waals surface area contributed by atoms with Crippen LogP contribution < -0.4 is 9.47 Å². The molecule has 5 heteroatoms. The lowest BCUT2D eigenvalue weighted by atomic mass is 9.49. The van der Waals surface area contributed by atoms with Crippen molar-refractivity contribution in [2.24, 2.45) is 0 Å². The molecule has 2 fully saturated rings. The van der Waals surface area contributed by atoms with E-state index < -0.39 is 11.0 Å². The molecule has 1 saturated heterocycles. The molecule has 3 aliphatic rings. The van der Waals surface area contributed by atoms with Crippen LogP contribution in [-0.2, 0) is 11.8 Å². The van der Waals surface area contributed by atoms with E-state index in [-0.39, 0.29) is 12.1 Å². The molecule has 132 valence electrons. The number of fused-ring (bicyclic) bond motifs is 1. The molecular weight excluding hydrogens is 306 g/mol. The number of hydrogen-bond acceptors (Lipinski definition) is 5. The highest BCUT2D eigenvalue weighted by atomic mass is 16.5. The molecule has 0 unspecified atom stereocenters. The smallest absolute Gasteiger partial charge is 0.164 e. The van der Waals surface area contributed by atoms with Crippen molar-refractivity contribution < 1.29 is 19.7 Å². The highest BCUT2D eigenvalue weighted by molar-refractivity contribution is 5.59. The molecule has 0 aromatic heterocycles. The first-order valence-electron chi connectivity index (χ1n) is 8.82. The maximum Gasteiger partial charge on any atom is 0.164 e. The van der Waals surface area contributed by atoms with Crippen molar-refractivity contribution >= 4 is 0 Å². The van der Waals surface area contributed by atoms with Gasteiger partial charge in [-0.3, -0.25) is 0 Å². The first-order chi connectivity index (χ1) is 11.5. The molecule has 1 saturated carbocycles. The summed E-state index contributed by atoms with van der Waals surface area (Å²) in [6, 6.07) is 4.14. The molecule has 2 bridgehead atoms. The molecule has 1 aromatic rings. The molecule has 2 aliphatic carbocycles. The van der Waals surface area contributed by atoms with Gasteiger partial charge in [-0.25, -0.2) is 0 Å². The summed E-state index contributed by atoms with van der Waals surface area (Å²) in [6.07, 6.45) is 3.12. The number of methoxy groups -OCH3 is 2. The predicted octanol–water partition coefficient (Wildman–Crippen LogP) is 1.48. The first kappa shape index (κ1) is 16.2. The predicted molar refractivity (Wildman–Crippen MR) is 90.8 cm³/mol. The van der Waals surface area contributed by atoms with E-state index in [9.17, 15) is 10.2 Å². The molecule has 0 spiro atoms. The largest absolute Gasteiger partial charge is 0.493 e. The van der Waals surface area contributed by atoms with Gasteiger partial charge in [0.1, 0.15) is 0 Å². The van der Waals surface area contributed by atoms with Gasteiger partial charge >= 0.3 is 0 Å². The number of nitrogens with zero attached hydrogens (tertiary/aromatic N) is 1. The molecule has 1 heterocycles. The SMILES string of the molecule is COc1ccc2c(c1OC)[C@@]13CCN(C)[C@@H](C2)[C@]1(O)CC[C@H](O)C3. The van der Waals surface area contributed by atoms with Crippen LogP contribution in [0.1, 0.15) is 36.8 Å². The topological polar surface area (TPSA) is 62.2 Å². The molecule has 0 radical (unpaired) electrons. The van der Waals surface area contributed by atoms with Crippen molar-refractivity contribution in [2.75, 3.05) is 27.8 Å². The molecule has 4 rings (SSSR count). The quantitative estimate of drug-likeness (QED) is 0.858. The van der Waals surface area contributed by atoms with Gasteiger partial charge < -0.3 is 24.6 Å². The zero-order valence-corrected chi connectivity index (χ0v) is 14.7. The van der Waals surface area contributed by atoms with Crippen molar-refractivity contribution in [3.8, 4) is 11.5 Å². The van der Waals surface area contributed by atoms with Crippen molar-refractivity contribution in [3.05, 3.63) is 23.3 Å². The fraction of sp³-hybridized carbons (Fsp3) is 0.684. The summed E-state index contributed by atoms with van der Waals surface area (Å²) in [5.41, 5.74) is 0.985. The molecule has 4 atom stereocenters. The number of rotatable bonds is 2. The average molecular weight is 333 g/mol. The monoisotopic (exact) mass is 333 g/mol. The van der Waals surface area contributed by atoms with Crippen LogP contribution in [0.5, 0.6) is 11.5 Å². The van der Waals surface area contributed by atoms with E-state index in [1.54, 1.807) is 14.2 Å². The van der Waals surface area contributed by atoms with E-state index >= 15 is 0 Å². The molecule has 1 aliphatic heterocycles. The molecule has 1 aromatic carbocycles. The van der Waals surface area contributed by atoms with Gasteiger partial charge in [-0.05, 0) is 57.3 Å². The third-order valence-electron chi connectivity index (χ3n) is 6.77. The Labute approximate surface area is 143 Å². The van der Waals surface area contributed by atoms with Crippen molar-refractivity contribution in [2.45, 2.75) is 55.3 Å². The van der Waals surface area contributed by atoms with Crippen LogP contribution in [0.3, 0.4) is 0 Å². The average Bonchev–Trinajstić information content (AvgIpc) is 2.57. The van der Waals surface area contributed by atoms with Gasteiger partial charge in [-0.15, -0.1) is 0 Å². The zero-order valence-electron chi connectivity index (χ0n) is 14.7. The lowest BCUT2D eigenvalue weighted by molar-refractivity contribution is -0.177. The normalized spacial score (nSPS) is 38.2. The van der Waals surface area contributed by atoms with E-state index in [2.05, 4.69) is 18.0 Å². The van der Waals surface area contributed by atoms with Crippen molar-refractivity contribution in [1.82, 2.24) is 4.90 Å². The Bertz CT molecular complexity index is 663. The van der Waals surface area contributed by atoms with Crippen LogP contribution in [0.2, 0.25) is 0 Å². The van der Waals surface area contributed by atoms with Gasteiger partial charge in [0, 0.05) is 17.0 Å². The number of aliphatic hydroxyl groups is 2. The van der Waals surface area contributed by atoms with Crippen LogP contribution in [0.15, 0.2) is 12.1 Å². The highest BCUT2D eigenvalue weighted by Gasteiger charge is 2.65. The summed E-state index contributed by atoms with van der Waals surface area (Å²) >= 11 is 0. The molecule has 5 nitrogen and oxygen atoms in total. The highest BCUT2D eigenvalue weighted by Crippen LogP contribution is 2.61. The van der Waals surface area contributed by atoms with E-state index in [1.165, 1.54) is 5.56 Å². The van der Waals surface area contributed by atoms with Crippen molar-refractivity contribution in [1.29, 1.82) is 0 Å². The standard InChI is InChI=1S/C19H27NO4/c1-20-9-8-18-11-13(21)6-7-19(18,22)15(20)10-12-4-5-14(23-2)17(24-3)16(12)18/h4-5,13,15,21-22H,6-11H2,1-3H3/t13-,15-,18-,19+/m0/s1. The van der Waals surface area contributed by atoms with E-state index in [0.29, 0.717) is 25.0 Å². The molecule has 2 N–H and O–H groups in total. The maximum atomic E-state index is 11.8. The molecule has 0 amide bonds. The summed E-state index contributed by atoms with van der Waals surface area (Å²) in [7, 11) is 5.40. The lowest BCUT2D eigenvalue weighted by Gasteiger charge is -2.64. The lowest BCUT2D eigenvalue weighted by Crippen LogP contribution is -2.73. The van der Waals surface area contributed by atoms with E-state index in [1.807, 2.05) is 6.07 Å². The summed E-state index contributed by atoms with van der Waals surface area (Å²) < 4.78 is 11.3. The number of likely N-dealkylation sites (N-methyl/N-ethyl adjacent to an activating group) is 1. The maximum absolute atomic E-state index is 11.8. The molecule has 24 heavy (non-hydrogen) atoms. The Morgan fingerprint density at radius 3 is 2.71 bits per heavy atom. The second kappa shape index (κ2) is 5.35. The fourth-order valence-electron chi connectivity index (χ4n) is 5.64. The summed E-state index contributed by atoms with van der Waals surface area (Å²) in [4.78, 5) is 2.29. The minimum Gasteiger partial charge on any atom is -0.493 e. The number of likely N-dealkylation sites (tertiary alicyclic amines) is 1. The fourth-order valence-corrected chi connectivity index (χ4v) is 5.64. The van der Waals surface area contributed by atoms with Crippen molar-refractivity contribution in [3.63, 3.8) is 0 Å². The summed E-state index contributed by atoms with van der Waals surface area (Å²) in [5.74, 6) is 1.43. The van der Waals surface area contributed by atoms with E-state index in [0.717, 1.165) is 30.7 Å². The Morgan fingerprint density at radius 2 is 2.00 bits per heavy atom. The van der Waals surface area contributed by atoms with Gasteiger partial charge in [0.15, 0.2) is 11.5 Å². The zero-order chi connectivity index (χ0) is 17.1. The summed E-state index contributed by atoms with van der Waals surface area (Å²) in [5, 5.41) is 22.3. The number of hydrogen-bond donors (Lipinski definition) is 2. The van der Waals surface area contributed by atoms with Gasteiger partial charge in [-0.1, -0.05) is 6.07 Å². The second-order valence-corrected chi connectivity index (χ2v) is 7.69. The van der Waals surface area contributed by atoms with Crippen LogP contribution >= 0.6 is 0 Å². The van der Waals surface area contributed by atoms with Gasteiger partial charge in [0.25, 0.3) is 0 Å². The number of piperidine rings is 1. The van der Waals surface area contributed by atoms with Gasteiger partial charge in [0.05, 0.1) is 25.9 Å². The van der Waals surface area contributed by atoms with Gasteiger partial charge in [-0.2, -0.15) is 0 Å². The first-order valence-corrected chi connectivity index (χ1v) is 8.82. The second-order valence-electron chi connectivity index (χ2n) is 7.69. The molecular formula is C19H27NO4. The Hall–Kier alpha value is -1.30. The van der Waals surface area contributed by atoms with Crippen LogP contribution in [0.25, 0.3) is 0 Å².